The molecule has 3 rings (SSSR count). The second kappa shape index (κ2) is 5.75. The van der Waals surface area contributed by atoms with Crippen LogP contribution in [0, 0.1) is 5.92 Å². The standard InChI is InChI=1S/C13H11BrClN3O3S/c14-9-1-2-11-10(4-9)13(17-7-16-11)18-5-8(3-12(18)19)6-22(15,20)21/h1-2,4,7-8H,3,5-6H2. The Kier molecular flexibility index (Phi) is 4.09. The molecule has 1 aliphatic rings. The Morgan fingerprint density at radius 2 is 2.14 bits per heavy atom. The normalized spacial score (nSPS) is 19.1. The molecule has 0 saturated carbocycles. The Bertz CT molecular complexity index is 859. The van der Waals surface area contributed by atoms with Crippen LogP contribution in [0.15, 0.2) is 29.0 Å². The number of aromatic nitrogens is 2. The molecule has 2 heterocycles. The minimum atomic E-state index is -3.63. The molecule has 0 spiro atoms. The van der Waals surface area contributed by atoms with E-state index >= 15 is 0 Å². The maximum atomic E-state index is 12.2. The van der Waals surface area contributed by atoms with Crippen LogP contribution in [0.1, 0.15) is 6.42 Å². The van der Waals surface area contributed by atoms with Crippen molar-refractivity contribution in [3.63, 3.8) is 0 Å². The Morgan fingerprint density at radius 3 is 2.86 bits per heavy atom. The van der Waals surface area contributed by atoms with Crippen molar-refractivity contribution in [1.29, 1.82) is 0 Å². The zero-order valence-electron chi connectivity index (χ0n) is 11.2. The molecule has 1 amide bonds. The summed E-state index contributed by atoms with van der Waals surface area (Å²) >= 11 is 3.39. The minimum Gasteiger partial charge on any atom is -0.296 e. The molecule has 0 aliphatic carbocycles. The predicted molar refractivity (Wildman–Crippen MR) is 87.3 cm³/mol. The van der Waals surface area contributed by atoms with Crippen molar-refractivity contribution in [1.82, 2.24) is 9.97 Å². The highest BCUT2D eigenvalue weighted by atomic mass is 79.9. The van der Waals surface area contributed by atoms with Crippen molar-refractivity contribution in [2.45, 2.75) is 6.42 Å². The summed E-state index contributed by atoms with van der Waals surface area (Å²) in [5.74, 6) is -0.216. The molecule has 1 saturated heterocycles. The van der Waals surface area contributed by atoms with Crippen molar-refractivity contribution in [2.75, 3.05) is 17.2 Å². The molecule has 0 N–H and O–H groups in total. The lowest BCUT2D eigenvalue weighted by Gasteiger charge is -2.17. The van der Waals surface area contributed by atoms with Gasteiger partial charge in [-0.1, -0.05) is 15.9 Å². The molecule has 0 radical (unpaired) electrons. The fourth-order valence-corrected chi connectivity index (χ4v) is 4.29. The van der Waals surface area contributed by atoms with Gasteiger partial charge in [0.25, 0.3) is 0 Å². The van der Waals surface area contributed by atoms with E-state index in [1.165, 1.54) is 11.2 Å². The van der Waals surface area contributed by atoms with Crippen molar-refractivity contribution in [2.24, 2.45) is 5.92 Å². The number of rotatable bonds is 3. The largest absolute Gasteiger partial charge is 0.296 e. The first-order chi connectivity index (χ1) is 10.3. The Morgan fingerprint density at radius 1 is 1.36 bits per heavy atom. The maximum Gasteiger partial charge on any atom is 0.232 e. The summed E-state index contributed by atoms with van der Waals surface area (Å²) in [7, 11) is 1.65. The van der Waals surface area contributed by atoms with Crippen LogP contribution < -0.4 is 4.90 Å². The van der Waals surface area contributed by atoms with Gasteiger partial charge in [-0.05, 0) is 18.2 Å². The van der Waals surface area contributed by atoms with Crippen LogP contribution in [0.3, 0.4) is 0 Å². The SMILES string of the molecule is O=C1CC(CS(=O)(=O)Cl)CN1c1ncnc2ccc(Br)cc12. The molecule has 22 heavy (non-hydrogen) atoms. The number of nitrogens with zero attached hydrogens (tertiary/aromatic N) is 3. The number of fused-ring (bicyclic) bond motifs is 1. The average Bonchev–Trinajstić information content (AvgIpc) is 2.76. The van der Waals surface area contributed by atoms with Gasteiger partial charge in [-0.2, -0.15) is 0 Å². The van der Waals surface area contributed by atoms with E-state index in [1.807, 2.05) is 18.2 Å². The van der Waals surface area contributed by atoms with Gasteiger partial charge in [0.05, 0.1) is 11.3 Å². The first-order valence-corrected chi connectivity index (χ1v) is 9.73. The van der Waals surface area contributed by atoms with E-state index in [9.17, 15) is 13.2 Å². The van der Waals surface area contributed by atoms with E-state index in [4.69, 9.17) is 10.7 Å². The molecule has 1 aliphatic heterocycles. The third-order valence-electron chi connectivity index (χ3n) is 3.47. The van der Waals surface area contributed by atoms with E-state index in [2.05, 4.69) is 25.9 Å². The van der Waals surface area contributed by atoms with Crippen LogP contribution in [0.25, 0.3) is 10.9 Å². The Balaban J connectivity index is 1.98. The van der Waals surface area contributed by atoms with Crippen LogP contribution in [-0.4, -0.2) is 36.6 Å². The molecule has 0 bridgehead atoms. The highest BCUT2D eigenvalue weighted by Gasteiger charge is 2.34. The van der Waals surface area contributed by atoms with Gasteiger partial charge in [-0.3, -0.25) is 9.69 Å². The summed E-state index contributed by atoms with van der Waals surface area (Å²) in [6.45, 7) is 0.281. The van der Waals surface area contributed by atoms with Crippen LogP contribution in [0.5, 0.6) is 0 Å². The number of anilines is 1. The van der Waals surface area contributed by atoms with Gasteiger partial charge < -0.3 is 0 Å². The van der Waals surface area contributed by atoms with E-state index in [0.717, 1.165) is 15.4 Å². The number of hydrogen-bond acceptors (Lipinski definition) is 5. The molecule has 2 aromatic rings. The smallest absolute Gasteiger partial charge is 0.232 e. The van der Waals surface area contributed by atoms with Crippen molar-refractivity contribution < 1.29 is 13.2 Å². The quantitative estimate of drug-likeness (QED) is 0.733. The van der Waals surface area contributed by atoms with E-state index in [-0.39, 0.29) is 30.5 Å². The third-order valence-corrected chi connectivity index (χ3v) is 5.21. The highest BCUT2D eigenvalue weighted by molar-refractivity contribution is 9.10. The maximum absolute atomic E-state index is 12.2. The number of amides is 1. The molecule has 9 heteroatoms. The molecule has 1 atom stereocenters. The van der Waals surface area contributed by atoms with Crippen molar-refractivity contribution in [3.05, 3.63) is 29.0 Å². The summed E-state index contributed by atoms with van der Waals surface area (Å²) in [6, 6.07) is 5.52. The van der Waals surface area contributed by atoms with Gasteiger partial charge in [0.2, 0.25) is 15.0 Å². The van der Waals surface area contributed by atoms with Crippen LogP contribution in [0.2, 0.25) is 0 Å². The number of hydrogen-bond donors (Lipinski definition) is 0. The minimum absolute atomic E-state index is 0.144. The second-order valence-corrected chi connectivity index (χ2v) is 8.88. The van der Waals surface area contributed by atoms with Crippen LogP contribution in [0.4, 0.5) is 5.82 Å². The second-order valence-electron chi connectivity index (χ2n) is 5.14. The molecular weight excluding hydrogens is 394 g/mol. The average molecular weight is 405 g/mol. The third kappa shape index (κ3) is 3.23. The van der Waals surface area contributed by atoms with Crippen LogP contribution >= 0.6 is 26.6 Å². The number of carbonyl (C=O) groups excluding carboxylic acids is 1. The lowest BCUT2D eigenvalue weighted by molar-refractivity contribution is -0.117. The van der Waals surface area contributed by atoms with Gasteiger partial charge in [0.15, 0.2) is 0 Å². The first-order valence-electron chi connectivity index (χ1n) is 6.46. The van der Waals surface area contributed by atoms with Gasteiger partial charge in [0.1, 0.15) is 12.1 Å². The molecular formula is C13H11BrClN3O3S. The van der Waals surface area contributed by atoms with Gasteiger partial charge in [0, 0.05) is 39.4 Å². The van der Waals surface area contributed by atoms with Crippen molar-refractivity contribution in [3.8, 4) is 0 Å². The summed E-state index contributed by atoms with van der Waals surface area (Å²) in [5, 5.41) is 0.736. The monoisotopic (exact) mass is 403 g/mol. The van der Waals surface area contributed by atoms with E-state index in [0.29, 0.717) is 5.82 Å². The first kappa shape index (κ1) is 15.6. The zero-order valence-corrected chi connectivity index (χ0v) is 14.4. The fourth-order valence-electron chi connectivity index (χ4n) is 2.61. The molecule has 1 fully saturated rings. The topological polar surface area (TPSA) is 80.2 Å². The fraction of sp³-hybridized carbons (Fsp3) is 0.308. The molecule has 116 valence electrons. The number of benzene rings is 1. The lowest BCUT2D eigenvalue weighted by atomic mass is 10.1. The molecule has 6 nitrogen and oxygen atoms in total. The summed E-state index contributed by atoms with van der Waals surface area (Å²) < 4.78 is 23.2. The predicted octanol–water partition coefficient (Wildman–Crippen LogP) is 2.31. The molecule has 1 unspecified atom stereocenters. The Labute approximate surface area is 140 Å². The highest BCUT2D eigenvalue weighted by Crippen LogP contribution is 2.31. The van der Waals surface area contributed by atoms with Gasteiger partial charge >= 0.3 is 0 Å². The zero-order chi connectivity index (χ0) is 15.9. The molecule has 1 aromatic heterocycles. The number of carbonyl (C=O) groups is 1. The number of halogens is 2. The van der Waals surface area contributed by atoms with Crippen LogP contribution in [-0.2, 0) is 13.8 Å². The lowest BCUT2D eigenvalue weighted by Crippen LogP contribution is -2.26. The van der Waals surface area contributed by atoms with Gasteiger partial charge in [-0.15, -0.1) is 0 Å². The summed E-state index contributed by atoms with van der Waals surface area (Å²) in [4.78, 5) is 22.1. The van der Waals surface area contributed by atoms with E-state index < -0.39 is 9.05 Å². The van der Waals surface area contributed by atoms with E-state index in [1.54, 1.807) is 0 Å². The Hall–Kier alpha value is -1.25. The van der Waals surface area contributed by atoms with Crippen molar-refractivity contribution >= 4 is 58.3 Å². The van der Waals surface area contributed by atoms with Gasteiger partial charge in [-0.25, -0.2) is 18.4 Å². The summed E-state index contributed by atoms with van der Waals surface area (Å²) in [5.41, 5.74) is 0.717. The molecule has 1 aromatic carbocycles. The summed E-state index contributed by atoms with van der Waals surface area (Å²) in [6.07, 6.45) is 1.54.